The van der Waals surface area contributed by atoms with E-state index >= 15 is 0 Å². The lowest BCUT2D eigenvalue weighted by molar-refractivity contribution is -0.124. The van der Waals surface area contributed by atoms with Gasteiger partial charge in [0.2, 0.25) is 5.91 Å². The Labute approximate surface area is 117 Å². The van der Waals surface area contributed by atoms with Gasteiger partial charge >= 0.3 is 0 Å². The van der Waals surface area contributed by atoms with Crippen LogP contribution in [-0.4, -0.2) is 24.5 Å². The van der Waals surface area contributed by atoms with Gasteiger partial charge in [-0.15, -0.1) is 12.4 Å². The van der Waals surface area contributed by atoms with Crippen LogP contribution in [0.4, 0.5) is 0 Å². The molecule has 18 heavy (non-hydrogen) atoms. The third-order valence-corrected chi connectivity index (χ3v) is 4.35. The summed E-state index contributed by atoms with van der Waals surface area (Å²) in [4.78, 5) is 12.1. The minimum atomic E-state index is 0. The maximum Gasteiger partial charge on any atom is 0.237 e. The zero-order chi connectivity index (χ0) is 12.1. The first kappa shape index (κ1) is 15.8. The molecular formula is C14H27ClN2O. The molecule has 3 nitrogen and oxygen atoms in total. The van der Waals surface area contributed by atoms with Gasteiger partial charge in [-0.25, -0.2) is 0 Å². The normalized spacial score (nSPS) is 27.1. The molecular weight excluding hydrogens is 248 g/mol. The van der Waals surface area contributed by atoms with Crippen molar-refractivity contribution in [2.24, 2.45) is 5.92 Å². The SMILES string of the molecule is CC(NC(=O)C1CCCCN1)C1CCCCC1.Cl. The average Bonchev–Trinajstić information content (AvgIpc) is 2.40. The first-order valence-corrected chi connectivity index (χ1v) is 7.31. The molecule has 0 aromatic heterocycles. The average molecular weight is 275 g/mol. The lowest BCUT2D eigenvalue weighted by Gasteiger charge is -2.30. The van der Waals surface area contributed by atoms with Gasteiger partial charge in [-0.1, -0.05) is 25.7 Å². The summed E-state index contributed by atoms with van der Waals surface area (Å²) in [7, 11) is 0. The van der Waals surface area contributed by atoms with E-state index in [1.807, 2.05) is 0 Å². The molecule has 2 rings (SSSR count). The molecule has 0 bridgehead atoms. The fourth-order valence-electron chi connectivity index (χ4n) is 3.15. The Kier molecular flexibility index (Phi) is 7.02. The lowest BCUT2D eigenvalue weighted by atomic mass is 9.84. The van der Waals surface area contributed by atoms with Crippen molar-refractivity contribution in [1.82, 2.24) is 10.6 Å². The Hall–Kier alpha value is -0.280. The Morgan fingerprint density at radius 3 is 2.39 bits per heavy atom. The Bertz CT molecular complexity index is 248. The van der Waals surface area contributed by atoms with Crippen LogP contribution in [0.3, 0.4) is 0 Å². The van der Waals surface area contributed by atoms with Crippen LogP contribution in [0.25, 0.3) is 0 Å². The van der Waals surface area contributed by atoms with Gasteiger partial charge in [0.05, 0.1) is 6.04 Å². The number of hydrogen-bond acceptors (Lipinski definition) is 2. The monoisotopic (exact) mass is 274 g/mol. The lowest BCUT2D eigenvalue weighted by Crippen LogP contribution is -2.50. The molecule has 4 heteroatoms. The zero-order valence-corrected chi connectivity index (χ0v) is 12.2. The van der Waals surface area contributed by atoms with Gasteiger partial charge in [0.15, 0.2) is 0 Å². The number of amides is 1. The minimum Gasteiger partial charge on any atom is -0.352 e. The first-order valence-electron chi connectivity index (χ1n) is 7.31. The summed E-state index contributed by atoms with van der Waals surface area (Å²) in [5.74, 6) is 0.930. The maximum atomic E-state index is 12.1. The van der Waals surface area contributed by atoms with Crippen LogP contribution in [0.15, 0.2) is 0 Å². The van der Waals surface area contributed by atoms with Crippen LogP contribution in [0.2, 0.25) is 0 Å². The van der Waals surface area contributed by atoms with Crippen molar-refractivity contribution in [2.45, 2.75) is 70.4 Å². The number of hydrogen-bond donors (Lipinski definition) is 2. The highest BCUT2D eigenvalue weighted by Gasteiger charge is 2.25. The molecule has 0 spiro atoms. The third kappa shape index (κ3) is 4.43. The molecule has 2 atom stereocenters. The summed E-state index contributed by atoms with van der Waals surface area (Å²) < 4.78 is 0. The van der Waals surface area contributed by atoms with Crippen LogP contribution in [0, 0.1) is 5.92 Å². The van der Waals surface area contributed by atoms with Gasteiger partial charge in [0, 0.05) is 6.04 Å². The van der Waals surface area contributed by atoms with Crippen molar-refractivity contribution in [3.05, 3.63) is 0 Å². The van der Waals surface area contributed by atoms with E-state index in [2.05, 4.69) is 17.6 Å². The molecule has 1 heterocycles. The molecule has 2 unspecified atom stereocenters. The van der Waals surface area contributed by atoms with E-state index in [0.717, 1.165) is 13.0 Å². The second-order valence-corrected chi connectivity index (χ2v) is 5.70. The smallest absolute Gasteiger partial charge is 0.237 e. The van der Waals surface area contributed by atoms with E-state index in [-0.39, 0.29) is 24.4 Å². The number of halogens is 1. The summed E-state index contributed by atoms with van der Waals surface area (Å²) in [6, 6.07) is 0.418. The van der Waals surface area contributed by atoms with E-state index in [9.17, 15) is 4.79 Å². The molecule has 1 saturated heterocycles. The van der Waals surface area contributed by atoms with Crippen molar-refractivity contribution >= 4 is 18.3 Å². The predicted octanol–water partition coefficient (Wildman–Crippen LogP) is 2.64. The van der Waals surface area contributed by atoms with E-state index in [1.165, 1.54) is 44.9 Å². The quantitative estimate of drug-likeness (QED) is 0.831. The molecule has 2 N–H and O–H groups in total. The highest BCUT2D eigenvalue weighted by molar-refractivity contribution is 5.85. The largest absolute Gasteiger partial charge is 0.352 e. The molecule has 1 aliphatic heterocycles. The second-order valence-electron chi connectivity index (χ2n) is 5.70. The Morgan fingerprint density at radius 2 is 1.78 bits per heavy atom. The number of rotatable bonds is 3. The standard InChI is InChI=1S/C14H26N2O.ClH/c1-11(12-7-3-2-4-8-12)16-14(17)13-9-5-6-10-15-13;/h11-13,15H,2-10H2,1H3,(H,16,17);1H. The third-order valence-electron chi connectivity index (χ3n) is 4.35. The number of nitrogens with one attached hydrogen (secondary N) is 2. The minimum absolute atomic E-state index is 0. The Balaban J connectivity index is 0.00000162. The molecule has 0 radical (unpaired) electrons. The fourth-order valence-corrected chi connectivity index (χ4v) is 3.15. The number of piperidine rings is 1. The van der Waals surface area contributed by atoms with Gasteiger partial charge in [0.1, 0.15) is 0 Å². The van der Waals surface area contributed by atoms with Gasteiger partial charge in [-0.05, 0) is 45.1 Å². The van der Waals surface area contributed by atoms with E-state index in [1.54, 1.807) is 0 Å². The van der Waals surface area contributed by atoms with Gasteiger partial charge < -0.3 is 10.6 Å². The van der Waals surface area contributed by atoms with Crippen LogP contribution in [-0.2, 0) is 4.79 Å². The van der Waals surface area contributed by atoms with Gasteiger partial charge in [0.25, 0.3) is 0 Å². The molecule has 2 aliphatic rings. The number of carbonyl (C=O) groups excluding carboxylic acids is 1. The van der Waals surface area contributed by atoms with Crippen LogP contribution >= 0.6 is 12.4 Å². The van der Waals surface area contributed by atoms with Crippen molar-refractivity contribution < 1.29 is 4.79 Å². The molecule has 106 valence electrons. The Morgan fingerprint density at radius 1 is 1.11 bits per heavy atom. The first-order chi connectivity index (χ1) is 8.27. The van der Waals surface area contributed by atoms with E-state index in [0.29, 0.717) is 12.0 Å². The van der Waals surface area contributed by atoms with Crippen molar-refractivity contribution in [2.75, 3.05) is 6.54 Å². The highest BCUT2D eigenvalue weighted by atomic mass is 35.5. The van der Waals surface area contributed by atoms with Gasteiger partial charge in [-0.3, -0.25) is 4.79 Å². The second kappa shape index (κ2) is 8.00. The summed E-state index contributed by atoms with van der Waals surface area (Å²) >= 11 is 0. The summed E-state index contributed by atoms with van der Waals surface area (Å²) in [6.07, 6.45) is 10.0. The fraction of sp³-hybridized carbons (Fsp3) is 0.929. The summed E-state index contributed by atoms with van der Waals surface area (Å²) in [5, 5.41) is 6.53. The van der Waals surface area contributed by atoms with E-state index in [4.69, 9.17) is 0 Å². The van der Waals surface area contributed by atoms with E-state index < -0.39 is 0 Å². The predicted molar refractivity (Wildman–Crippen MR) is 77.1 cm³/mol. The highest BCUT2D eigenvalue weighted by Crippen LogP contribution is 2.26. The molecule has 1 aliphatic carbocycles. The molecule has 2 fully saturated rings. The van der Waals surface area contributed by atoms with Crippen LogP contribution < -0.4 is 10.6 Å². The topological polar surface area (TPSA) is 41.1 Å². The van der Waals surface area contributed by atoms with Gasteiger partial charge in [-0.2, -0.15) is 0 Å². The maximum absolute atomic E-state index is 12.1. The zero-order valence-electron chi connectivity index (χ0n) is 11.4. The molecule has 0 aromatic carbocycles. The van der Waals surface area contributed by atoms with Crippen LogP contribution in [0.1, 0.15) is 58.3 Å². The molecule has 0 aromatic rings. The van der Waals surface area contributed by atoms with Crippen LogP contribution in [0.5, 0.6) is 0 Å². The van der Waals surface area contributed by atoms with Crippen molar-refractivity contribution in [3.63, 3.8) is 0 Å². The summed E-state index contributed by atoms with van der Waals surface area (Å²) in [5.41, 5.74) is 0. The summed E-state index contributed by atoms with van der Waals surface area (Å²) in [6.45, 7) is 3.17. The number of carbonyl (C=O) groups is 1. The van der Waals surface area contributed by atoms with Crippen molar-refractivity contribution in [3.8, 4) is 0 Å². The molecule has 1 amide bonds. The van der Waals surface area contributed by atoms with Crippen molar-refractivity contribution in [1.29, 1.82) is 0 Å². The molecule has 1 saturated carbocycles.